The van der Waals surface area contributed by atoms with Gasteiger partial charge in [0.05, 0.1) is 7.11 Å². The lowest BCUT2D eigenvalue weighted by molar-refractivity contribution is 0.415. The molecule has 1 aliphatic rings. The van der Waals surface area contributed by atoms with Gasteiger partial charge < -0.3 is 15.8 Å². The molecule has 0 spiro atoms. The number of nitrogens with two attached hydrogens (primary N) is 1. The van der Waals surface area contributed by atoms with Gasteiger partial charge in [-0.2, -0.15) is 0 Å². The van der Waals surface area contributed by atoms with Crippen LogP contribution in [0.1, 0.15) is 17.9 Å². The van der Waals surface area contributed by atoms with Crippen molar-refractivity contribution in [3.63, 3.8) is 0 Å². The van der Waals surface area contributed by atoms with Crippen molar-refractivity contribution in [2.24, 2.45) is 5.73 Å². The Morgan fingerprint density at radius 1 is 1.30 bits per heavy atom. The summed E-state index contributed by atoms with van der Waals surface area (Å²) >= 11 is 0. The fourth-order valence-corrected chi connectivity index (χ4v) is 2.15. The standard InChI is InChI=1S/C15H17N3O.ClH/c1-19-12-4-2-3-11(7-12)18-15-6-5-10(9-17-15)13-8-14(13)16;/h2-7,9,13-14H,8,16H2,1H3,(H,17,18);1H/t13-,14+;/m0./s1. The van der Waals surface area contributed by atoms with Gasteiger partial charge in [-0.1, -0.05) is 12.1 Å². The maximum Gasteiger partial charge on any atom is 0.130 e. The molecule has 5 heteroatoms. The molecule has 0 saturated heterocycles. The van der Waals surface area contributed by atoms with Crippen LogP contribution in [0.3, 0.4) is 0 Å². The summed E-state index contributed by atoms with van der Waals surface area (Å²) in [5.41, 5.74) is 8.02. The Morgan fingerprint density at radius 2 is 2.10 bits per heavy atom. The van der Waals surface area contributed by atoms with Crippen molar-refractivity contribution in [2.45, 2.75) is 18.4 Å². The highest BCUT2D eigenvalue weighted by Crippen LogP contribution is 2.38. The number of aromatic nitrogens is 1. The molecule has 0 amide bonds. The van der Waals surface area contributed by atoms with E-state index in [0.29, 0.717) is 12.0 Å². The molecule has 0 unspecified atom stereocenters. The molecule has 3 rings (SSSR count). The van der Waals surface area contributed by atoms with Gasteiger partial charge in [-0.3, -0.25) is 0 Å². The number of hydrogen-bond acceptors (Lipinski definition) is 4. The zero-order valence-corrected chi connectivity index (χ0v) is 12.1. The summed E-state index contributed by atoms with van der Waals surface area (Å²) in [6.07, 6.45) is 2.98. The minimum Gasteiger partial charge on any atom is -0.497 e. The van der Waals surface area contributed by atoms with Gasteiger partial charge in [-0.05, 0) is 30.2 Å². The first-order valence-corrected chi connectivity index (χ1v) is 6.39. The van der Waals surface area contributed by atoms with E-state index in [1.807, 2.05) is 36.5 Å². The Balaban J connectivity index is 0.00000147. The maximum absolute atomic E-state index is 5.83. The van der Waals surface area contributed by atoms with Crippen molar-refractivity contribution >= 4 is 23.9 Å². The Labute approximate surface area is 124 Å². The first-order chi connectivity index (χ1) is 9.26. The average molecular weight is 292 g/mol. The average Bonchev–Trinajstić information content (AvgIpc) is 3.17. The van der Waals surface area contributed by atoms with E-state index in [9.17, 15) is 0 Å². The van der Waals surface area contributed by atoms with Crippen LogP contribution in [0.4, 0.5) is 11.5 Å². The minimum absolute atomic E-state index is 0. The predicted molar refractivity (Wildman–Crippen MR) is 83.1 cm³/mol. The van der Waals surface area contributed by atoms with E-state index in [1.54, 1.807) is 7.11 Å². The van der Waals surface area contributed by atoms with E-state index in [4.69, 9.17) is 10.5 Å². The van der Waals surface area contributed by atoms with Crippen LogP contribution in [0.2, 0.25) is 0 Å². The normalized spacial score (nSPS) is 19.9. The smallest absolute Gasteiger partial charge is 0.130 e. The molecule has 1 saturated carbocycles. The second kappa shape index (κ2) is 6.11. The van der Waals surface area contributed by atoms with Crippen molar-refractivity contribution in [1.82, 2.24) is 4.98 Å². The molecule has 3 N–H and O–H groups in total. The molecule has 1 aromatic carbocycles. The third kappa shape index (κ3) is 3.21. The number of halogens is 1. The first kappa shape index (κ1) is 14.6. The summed E-state index contributed by atoms with van der Waals surface area (Å²) in [5.74, 6) is 2.15. The van der Waals surface area contributed by atoms with Crippen LogP contribution < -0.4 is 15.8 Å². The van der Waals surface area contributed by atoms with E-state index in [0.717, 1.165) is 23.7 Å². The second-order valence-corrected chi connectivity index (χ2v) is 4.84. The van der Waals surface area contributed by atoms with Crippen molar-refractivity contribution in [2.75, 3.05) is 12.4 Å². The highest BCUT2D eigenvalue weighted by molar-refractivity contribution is 5.85. The van der Waals surface area contributed by atoms with Gasteiger partial charge >= 0.3 is 0 Å². The first-order valence-electron chi connectivity index (χ1n) is 6.39. The Morgan fingerprint density at radius 3 is 2.70 bits per heavy atom. The molecule has 2 atom stereocenters. The minimum atomic E-state index is 0. The van der Waals surface area contributed by atoms with Crippen LogP contribution >= 0.6 is 12.4 Å². The largest absolute Gasteiger partial charge is 0.497 e. The number of anilines is 2. The number of benzene rings is 1. The van der Waals surface area contributed by atoms with Crippen molar-refractivity contribution in [1.29, 1.82) is 0 Å². The molecular formula is C15H18ClN3O. The van der Waals surface area contributed by atoms with Crippen molar-refractivity contribution in [3.05, 3.63) is 48.2 Å². The van der Waals surface area contributed by atoms with Crippen LogP contribution in [0, 0.1) is 0 Å². The zero-order chi connectivity index (χ0) is 13.2. The van der Waals surface area contributed by atoms with Crippen LogP contribution in [-0.4, -0.2) is 18.1 Å². The summed E-state index contributed by atoms with van der Waals surface area (Å²) in [5, 5.41) is 3.25. The number of pyridine rings is 1. The summed E-state index contributed by atoms with van der Waals surface area (Å²) in [6, 6.07) is 12.2. The zero-order valence-electron chi connectivity index (χ0n) is 11.2. The fourth-order valence-electron chi connectivity index (χ4n) is 2.15. The van der Waals surface area contributed by atoms with E-state index in [2.05, 4.69) is 16.4 Å². The SMILES string of the molecule is COc1cccc(Nc2ccc([C@@H]3C[C@H]3N)cn2)c1.Cl. The molecule has 0 aliphatic heterocycles. The summed E-state index contributed by atoms with van der Waals surface area (Å²) in [4.78, 5) is 4.42. The molecule has 0 radical (unpaired) electrons. The second-order valence-electron chi connectivity index (χ2n) is 4.84. The maximum atomic E-state index is 5.83. The van der Waals surface area contributed by atoms with Crippen LogP contribution in [0.15, 0.2) is 42.6 Å². The fraction of sp³-hybridized carbons (Fsp3) is 0.267. The number of hydrogen-bond donors (Lipinski definition) is 2. The van der Waals surface area contributed by atoms with Crippen LogP contribution in [-0.2, 0) is 0 Å². The lowest BCUT2D eigenvalue weighted by Gasteiger charge is -2.08. The Kier molecular flexibility index (Phi) is 4.47. The third-order valence-corrected chi connectivity index (χ3v) is 3.40. The van der Waals surface area contributed by atoms with Gasteiger partial charge in [0.2, 0.25) is 0 Å². The highest BCUT2D eigenvalue weighted by Gasteiger charge is 2.34. The number of methoxy groups -OCH3 is 1. The topological polar surface area (TPSA) is 60.2 Å². The number of nitrogens with one attached hydrogen (secondary N) is 1. The monoisotopic (exact) mass is 291 g/mol. The number of rotatable bonds is 4. The van der Waals surface area contributed by atoms with Gasteiger partial charge in [-0.15, -0.1) is 12.4 Å². The predicted octanol–water partition coefficient (Wildman–Crippen LogP) is 3.07. The number of nitrogens with zero attached hydrogens (tertiary/aromatic N) is 1. The summed E-state index contributed by atoms with van der Waals surface area (Å²) in [7, 11) is 1.66. The lowest BCUT2D eigenvalue weighted by Crippen LogP contribution is -2.01. The number of ether oxygens (including phenoxy) is 1. The molecule has 106 valence electrons. The summed E-state index contributed by atoms with van der Waals surface area (Å²) < 4.78 is 5.19. The van der Waals surface area contributed by atoms with E-state index < -0.39 is 0 Å². The molecule has 1 aliphatic carbocycles. The quantitative estimate of drug-likeness (QED) is 0.909. The van der Waals surface area contributed by atoms with Gasteiger partial charge in [0.1, 0.15) is 11.6 Å². The Bertz CT molecular complexity index is 574. The van der Waals surface area contributed by atoms with E-state index in [1.165, 1.54) is 5.56 Å². The highest BCUT2D eigenvalue weighted by atomic mass is 35.5. The molecule has 4 nitrogen and oxygen atoms in total. The molecule has 1 aromatic heterocycles. The molecular weight excluding hydrogens is 274 g/mol. The van der Waals surface area contributed by atoms with Gasteiger partial charge in [-0.25, -0.2) is 4.98 Å². The van der Waals surface area contributed by atoms with Crippen molar-refractivity contribution < 1.29 is 4.74 Å². The van der Waals surface area contributed by atoms with Gasteiger partial charge in [0, 0.05) is 29.9 Å². The molecule has 2 aromatic rings. The third-order valence-electron chi connectivity index (χ3n) is 3.40. The van der Waals surface area contributed by atoms with Crippen molar-refractivity contribution in [3.8, 4) is 5.75 Å². The van der Waals surface area contributed by atoms with Crippen LogP contribution in [0.5, 0.6) is 5.75 Å². The molecule has 1 fully saturated rings. The van der Waals surface area contributed by atoms with Gasteiger partial charge in [0.25, 0.3) is 0 Å². The molecule has 20 heavy (non-hydrogen) atoms. The molecule has 1 heterocycles. The summed E-state index contributed by atoms with van der Waals surface area (Å²) in [6.45, 7) is 0. The van der Waals surface area contributed by atoms with E-state index in [-0.39, 0.29) is 12.4 Å². The van der Waals surface area contributed by atoms with Crippen LogP contribution in [0.25, 0.3) is 0 Å². The Hall–Kier alpha value is -1.78. The molecule has 0 bridgehead atoms. The lowest BCUT2D eigenvalue weighted by atomic mass is 10.2. The van der Waals surface area contributed by atoms with E-state index >= 15 is 0 Å². The van der Waals surface area contributed by atoms with Gasteiger partial charge in [0.15, 0.2) is 0 Å².